The third-order valence-electron chi connectivity index (χ3n) is 9.90. The van der Waals surface area contributed by atoms with Crippen molar-refractivity contribution < 1.29 is 59.4 Å². The lowest BCUT2D eigenvalue weighted by Crippen LogP contribution is -2.35. The first kappa shape index (κ1) is 55.0. The Kier molecular flexibility index (Phi) is 35.1. The maximum atomic E-state index is 12.4. The summed E-state index contributed by atoms with van der Waals surface area (Å²) in [5, 5.41) is 26.4. The molecule has 2 atom stereocenters. The number of carbonyl (C=O) groups excluding carboxylic acids is 4. The molecule has 3 amide bonds. The lowest BCUT2D eigenvalue weighted by atomic mass is 9.92. The van der Waals surface area contributed by atoms with Crippen molar-refractivity contribution in [3.05, 3.63) is 18.2 Å². The number of amides is 3. The van der Waals surface area contributed by atoms with E-state index in [9.17, 15) is 33.9 Å². The molecule has 0 bridgehead atoms. The second kappa shape index (κ2) is 38.9. The van der Waals surface area contributed by atoms with Gasteiger partial charge in [0.1, 0.15) is 13.2 Å². The average molecular weight is 871 g/mol. The number of carboxylic acid groups (broad SMARTS) is 2. The van der Waals surface area contributed by atoms with Crippen LogP contribution >= 0.6 is 0 Å². The molecule has 1 aromatic heterocycles. The summed E-state index contributed by atoms with van der Waals surface area (Å²) < 4.78 is 21.5. The van der Waals surface area contributed by atoms with Crippen molar-refractivity contribution >= 4 is 35.4 Å². The number of carbonyl (C=O) groups is 6. The highest BCUT2D eigenvalue weighted by Gasteiger charge is 2.24. The Morgan fingerprint density at radius 2 is 1.08 bits per heavy atom. The van der Waals surface area contributed by atoms with Gasteiger partial charge in [-0.05, 0) is 25.7 Å². The van der Waals surface area contributed by atoms with Gasteiger partial charge in [-0.15, -0.1) is 0 Å². The van der Waals surface area contributed by atoms with Gasteiger partial charge >= 0.3 is 11.9 Å². The monoisotopic (exact) mass is 871 g/mol. The van der Waals surface area contributed by atoms with Crippen LogP contribution in [-0.4, -0.2) is 134 Å². The zero-order valence-corrected chi connectivity index (χ0v) is 36.4. The standard InChI is InChI=1S/C43H76N6O12.H2/c44-37(30-36-31-45-34-49-36)38(50)29-35(43(56)57)17-15-16-20-46-40(52)32-60-27-26-59-24-22-48-41(53)33-61-28-25-58-23-21-47-39(51)18-13-11-9-7-5-3-1-2-4-6-8-10-12-14-19-42(54)55;/h31,34-35,37H,1-30,32-33,44H2,(H,45,49)(H,46,52)(H,47,51)(H,48,53)(H,54,55)(H,56,57);1H/t35-,37+;/m1./s1. The number of nitrogens with two attached hydrogens (primary N) is 1. The van der Waals surface area contributed by atoms with Gasteiger partial charge in [0.15, 0.2) is 5.78 Å². The van der Waals surface area contributed by atoms with Crippen molar-refractivity contribution in [2.45, 2.75) is 141 Å². The van der Waals surface area contributed by atoms with E-state index in [1.165, 1.54) is 57.7 Å². The van der Waals surface area contributed by atoms with Crippen LogP contribution in [0.25, 0.3) is 0 Å². The van der Waals surface area contributed by atoms with E-state index in [2.05, 4.69) is 25.9 Å². The number of Topliss-reactive ketones (excluding diaryl/α,β-unsaturated/α-hetero) is 1. The van der Waals surface area contributed by atoms with Crippen molar-refractivity contribution in [3.8, 4) is 0 Å². The number of hydrogen-bond acceptors (Lipinski definition) is 12. The molecule has 0 aromatic carbocycles. The van der Waals surface area contributed by atoms with E-state index in [1.54, 1.807) is 6.20 Å². The Morgan fingerprint density at radius 1 is 0.607 bits per heavy atom. The fourth-order valence-electron chi connectivity index (χ4n) is 6.37. The number of aliphatic carboxylic acids is 2. The normalized spacial score (nSPS) is 12.1. The van der Waals surface area contributed by atoms with Gasteiger partial charge in [0.05, 0.1) is 57.9 Å². The summed E-state index contributed by atoms with van der Waals surface area (Å²) in [7, 11) is 0. The Bertz CT molecular complexity index is 1310. The zero-order chi connectivity index (χ0) is 44.6. The van der Waals surface area contributed by atoms with Crippen LogP contribution in [0.5, 0.6) is 0 Å². The lowest BCUT2D eigenvalue weighted by molar-refractivity contribution is -0.144. The van der Waals surface area contributed by atoms with Crippen molar-refractivity contribution in [1.82, 2.24) is 25.9 Å². The van der Waals surface area contributed by atoms with Gasteiger partial charge < -0.3 is 55.8 Å². The molecule has 352 valence electrons. The summed E-state index contributed by atoms with van der Waals surface area (Å²) in [6, 6.07) is -0.808. The minimum atomic E-state index is -1.05. The van der Waals surface area contributed by atoms with Gasteiger partial charge in [0, 0.05) is 58.6 Å². The van der Waals surface area contributed by atoms with Gasteiger partial charge in [-0.25, -0.2) is 4.98 Å². The van der Waals surface area contributed by atoms with Crippen LogP contribution in [0, 0.1) is 5.92 Å². The molecular formula is C43H78N6O12. The van der Waals surface area contributed by atoms with Crippen LogP contribution in [0.4, 0.5) is 0 Å². The van der Waals surface area contributed by atoms with E-state index in [1.807, 2.05) is 0 Å². The number of nitrogens with one attached hydrogen (secondary N) is 4. The Balaban J connectivity index is 0.0000372. The number of rotatable bonds is 44. The SMILES string of the molecule is N[C@@H](Cc1cnc[nH]1)C(=O)C[C@@H](CCCCNC(=O)COCCOCCNC(=O)COCCOCCNC(=O)CCCCCCCCCCCCCCCCC(=O)O)C(=O)O.[HH]. The minimum Gasteiger partial charge on any atom is -0.481 e. The largest absolute Gasteiger partial charge is 0.481 e. The maximum Gasteiger partial charge on any atom is 0.306 e. The topological polar surface area (TPSA) is 271 Å². The molecule has 18 nitrogen and oxygen atoms in total. The molecule has 0 spiro atoms. The molecule has 0 aliphatic carbocycles. The molecule has 0 fully saturated rings. The Labute approximate surface area is 363 Å². The summed E-state index contributed by atoms with van der Waals surface area (Å²) in [6.45, 7) is 2.42. The summed E-state index contributed by atoms with van der Waals surface area (Å²) in [5.74, 6) is -3.47. The van der Waals surface area contributed by atoms with E-state index in [0.29, 0.717) is 57.7 Å². The van der Waals surface area contributed by atoms with E-state index < -0.39 is 23.9 Å². The molecule has 18 heteroatoms. The number of carboxylic acids is 2. The molecule has 0 unspecified atom stereocenters. The fraction of sp³-hybridized carbons (Fsp3) is 0.791. The summed E-state index contributed by atoms with van der Waals surface area (Å²) >= 11 is 0. The molecule has 1 heterocycles. The molecule has 8 N–H and O–H groups in total. The third-order valence-corrected chi connectivity index (χ3v) is 9.90. The van der Waals surface area contributed by atoms with Gasteiger partial charge in [-0.1, -0.05) is 83.5 Å². The number of imidazole rings is 1. The number of aromatic amines is 1. The van der Waals surface area contributed by atoms with Crippen LogP contribution < -0.4 is 21.7 Å². The van der Waals surface area contributed by atoms with E-state index in [4.69, 9.17) is 29.8 Å². The molecule has 1 rings (SSSR count). The van der Waals surface area contributed by atoms with E-state index in [0.717, 1.165) is 38.5 Å². The predicted molar refractivity (Wildman–Crippen MR) is 231 cm³/mol. The van der Waals surface area contributed by atoms with Crippen molar-refractivity contribution in [2.24, 2.45) is 11.7 Å². The molecular weight excluding hydrogens is 793 g/mol. The number of aromatic nitrogens is 2. The zero-order valence-electron chi connectivity index (χ0n) is 36.4. The summed E-state index contributed by atoms with van der Waals surface area (Å²) in [6.07, 6.45) is 21.4. The molecule has 0 aliphatic rings. The maximum absolute atomic E-state index is 12.4. The van der Waals surface area contributed by atoms with Gasteiger partial charge in [-0.3, -0.25) is 28.8 Å². The molecule has 61 heavy (non-hydrogen) atoms. The first-order valence-corrected chi connectivity index (χ1v) is 22.4. The van der Waals surface area contributed by atoms with E-state index >= 15 is 0 Å². The number of ether oxygens (including phenoxy) is 4. The van der Waals surface area contributed by atoms with Gasteiger partial charge in [0.25, 0.3) is 0 Å². The number of hydrogen-bond donors (Lipinski definition) is 7. The van der Waals surface area contributed by atoms with Crippen molar-refractivity contribution in [1.29, 1.82) is 0 Å². The molecule has 0 radical (unpaired) electrons. The second-order valence-corrected chi connectivity index (χ2v) is 15.3. The molecule has 0 aliphatic heterocycles. The average Bonchev–Trinajstić information content (AvgIpc) is 3.74. The second-order valence-electron chi connectivity index (χ2n) is 15.3. The minimum absolute atomic E-state index is 0. The van der Waals surface area contributed by atoms with Crippen LogP contribution in [0.2, 0.25) is 0 Å². The Morgan fingerprint density at radius 3 is 1.57 bits per heavy atom. The molecule has 0 saturated carbocycles. The quantitative estimate of drug-likeness (QED) is 0.0456. The summed E-state index contributed by atoms with van der Waals surface area (Å²) in [5.41, 5.74) is 6.64. The Hall–Kier alpha value is -3.97. The van der Waals surface area contributed by atoms with Crippen molar-refractivity contribution in [3.63, 3.8) is 0 Å². The predicted octanol–water partition coefficient (Wildman–Crippen LogP) is 4.10. The van der Waals surface area contributed by atoms with Gasteiger partial charge in [-0.2, -0.15) is 0 Å². The number of unbranched alkanes of at least 4 members (excludes halogenated alkanes) is 14. The van der Waals surface area contributed by atoms with Crippen LogP contribution in [-0.2, 0) is 54.1 Å². The molecule has 1 aromatic rings. The lowest BCUT2D eigenvalue weighted by Gasteiger charge is -2.15. The highest BCUT2D eigenvalue weighted by Crippen LogP contribution is 2.16. The number of H-pyrrole nitrogens is 1. The van der Waals surface area contributed by atoms with Crippen LogP contribution in [0.3, 0.4) is 0 Å². The van der Waals surface area contributed by atoms with Crippen LogP contribution in [0.15, 0.2) is 12.5 Å². The number of nitrogens with zero attached hydrogens (tertiary/aromatic N) is 1. The van der Waals surface area contributed by atoms with Gasteiger partial charge in [0.2, 0.25) is 17.7 Å². The first-order valence-electron chi connectivity index (χ1n) is 22.4. The summed E-state index contributed by atoms with van der Waals surface area (Å²) in [4.78, 5) is 77.3. The fourth-order valence-corrected chi connectivity index (χ4v) is 6.37. The highest BCUT2D eigenvalue weighted by molar-refractivity contribution is 5.87. The van der Waals surface area contributed by atoms with Crippen molar-refractivity contribution in [2.75, 3.05) is 72.5 Å². The van der Waals surface area contributed by atoms with E-state index in [-0.39, 0.29) is 90.4 Å². The van der Waals surface area contributed by atoms with Crippen LogP contribution in [0.1, 0.15) is 136 Å². The molecule has 0 saturated heterocycles. The first-order chi connectivity index (χ1) is 29.6. The highest BCUT2D eigenvalue weighted by atomic mass is 16.5. The smallest absolute Gasteiger partial charge is 0.306 e. The number of ketones is 1. The third kappa shape index (κ3) is 35.3.